The minimum atomic E-state index is -5.84. The van der Waals surface area contributed by atoms with E-state index in [1.54, 1.807) is 0 Å². The van der Waals surface area contributed by atoms with E-state index in [1.165, 1.54) is 25.8 Å². The Morgan fingerprint density at radius 3 is 1.90 bits per heavy atom. The molecule has 0 spiro atoms. The summed E-state index contributed by atoms with van der Waals surface area (Å²) in [5.74, 6) is 0. The van der Waals surface area contributed by atoms with Gasteiger partial charge in [-0.1, -0.05) is 36.4 Å². The highest BCUT2D eigenvalue weighted by Gasteiger charge is 2.44. The van der Waals surface area contributed by atoms with Gasteiger partial charge in [0.1, 0.15) is 0 Å². The van der Waals surface area contributed by atoms with E-state index in [0.29, 0.717) is 0 Å². The maximum absolute atomic E-state index is 10.7. The fourth-order valence-corrected chi connectivity index (χ4v) is 2.68. The van der Waals surface area contributed by atoms with Crippen LogP contribution in [-0.2, 0) is 10.1 Å². The van der Waals surface area contributed by atoms with E-state index in [0.717, 1.165) is 0 Å². The third-order valence-electron chi connectivity index (χ3n) is 2.79. The van der Waals surface area contributed by atoms with Gasteiger partial charge in [0.25, 0.3) is 0 Å². The molecule has 0 heterocycles. The third kappa shape index (κ3) is 3.22. The first-order valence-corrected chi connectivity index (χ1v) is 8.07. The molecule has 1 N–H and O–H groups in total. The van der Waals surface area contributed by atoms with Gasteiger partial charge >= 0.3 is 15.6 Å². The number of hydrogen-bond donors (Lipinski definition) is 1. The Bertz CT molecular complexity index is 785. The molecule has 3 nitrogen and oxygen atoms in total. The highest BCUT2D eigenvalue weighted by atomic mass is 127. The van der Waals surface area contributed by atoms with Gasteiger partial charge in [0, 0.05) is 9.13 Å². The first-order valence-electron chi connectivity index (χ1n) is 5.55. The lowest BCUT2D eigenvalue weighted by molar-refractivity contribution is -0.0510. The summed E-state index contributed by atoms with van der Waals surface area (Å²) in [5.41, 5.74) is 0.104. The van der Waals surface area contributed by atoms with Crippen LogP contribution >= 0.6 is 22.6 Å². The summed E-state index contributed by atoms with van der Waals surface area (Å²) in [6, 6.07) is 15.1. The Balaban J connectivity index is 0.000000177. The van der Waals surface area contributed by atoms with Crippen LogP contribution in [0.5, 0.6) is 0 Å². The molecule has 112 valence electrons. The second-order valence-corrected chi connectivity index (χ2v) is 6.70. The summed E-state index contributed by atoms with van der Waals surface area (Å²) >= 11 is 2.40. The quantitative estimate of drug-likeness (QED) is 0.330. The summed E-state index contributed by atoms with van der Waals surface area (Å²) in [6.45, 7) is 0. The van der Waals surface area contributed by atoms with Crippen LogP contribution in [0.2, 0.25) is 0 Å². The molecule has 2 aromatic carbocycles. The molecule has 0 radical (unpaired) electrons. The van der Waals surface area contributed by atoms with E-state index in [1.807, 2.05) is 0 Å². The van der Waals surface area contributed by atoms with Crippen molar-refractivity contribution < 1.29 is 26.1 Å². The molecule has 1 aliphatic carbocycles. The summed E-state index contributed by atoms with van der Waals surface area (Å²) in [6.07, 6.45) is 0. The molecule has 0 aliphatic heterocycles. The molecule has 0 saturated carbocycles. The van der Waals surface area contributed by atoms with Gasteiger partial charge in [0.2, 0.25) is 0 Å². The van der Waals surface area contributed by atoms with Crippen LogP contribution in [0.1, 0.15) is 0 Å². The van der Waals surface area contributed by atoms with Gasteiger partial charge in [-0.15, -0.1) is 0 Å². The van der Waals surface area contributed by atoms with E-state index in [9.17, 15) is 13.2 Å². The van der Waals surface area contributed by atoms with Crippen LogP contribution in [0.15, 0.2) is 42.5 Å². The van der Waals surface area contributed by atoms with Crippen molar-refractivity contribution in [2.45, 2.75) is 5.51 Å². The van der Waals surface area contributed by atoms with E-state index >= 15 is 0 Å². The van der Waals surface area contributed by atoms with Crippen LogP contribution in [-0.4, -0.2) is 18.5 Å². The Labute approximate surface area is 132 Å². The van der Waals surface area contributed by atoms with Crippen molar-refractivity contribution in [2.75, 3.05) is 0 Å². The molecule has 0 aromatic heterocycles. The molecule has 2 aromatic rings. The third-order valence-corrected chi connectivity index (χ3v) is 4.28. The van der Waals surface area contributed by atoms with Crippen LogP contribution in [0.3, 0.4) is 0 Å². The smallest absolute Gasteiger partial charge is 0.279 e. The van der Waals surface area contributed by atoms with Gasteiger partial charge in [-0.25, -0.2) is 0 Å². The molecular weight excluding hydrogens is 420 g/mol. The van der Waals surface area contributed by atoms with E-state index < -0.39 is 15.6 Å². The molecule has 0 atom stereocenters. The van der Waals surface area contributed by atoms with Crippen LogP contribution in [0, 0.1) is 3.57 Å². The van der Waals surface area contributed by atoms with E-state index in [4.69, 9.17) is 13.0 Å². The predicted octanol–water partition coefficient (Wildman–Crippen LogP) is 4.33. The first-order chi connectivity index (χ1) is 9.63. The fraction of sp³-hybridized carbons (Fsp3) is 0.0769. The average molecular weight is 428 g/mol. The lowest BCUT2D eigenvalue weighted by Crippen LogP contribution is -2.21. The Morgan fingerprint density at radius 1 is 0.905 bits per heavy atom. The zero-order chi connectivity index (χ0) is 15.8. The average Bonchev–Trinajstić information content (AvgIpc) is 2.34. The molecule has 0 bridgehead atoms. The zero-order valence-corrected chi connectivity index (χ0v) is 13.2. The zero-order valence-electron chi connectivity index (χ0n) is 10.2. The molecule has 0 unspecified atom stereocenters. The summed E-state index contributed by atoms with van der Waals surface area (Å²) < 4.78 is 58.9. The Morgan fingerprint density at radius 2 is 1.38 bits per heavy atom. The number of alkyl halides is 3. The van der Waals surface area contributed by atoms with E-state index in [2.05, 4.69) is 65.1 Å². The lowest BCUT2D eigenvalue weighted by Gasteiger charge is -2.24. The monoisotopic (exact) mass is 428 g/mol. The maximum atomic E-state index is 10.7. The molecule has 0 saturated heterocycles. The highest BCUT2D eigenvalue weighted by molar-refractivity contribution is 14.1. The van der Waals surface area contributed by atoms with Gasteiger partial charge in [0.15, 0.2) is 0 Å². The second-order valence-electron chi connectivity index (χ2n) is 4.13. The molecule has 3 rings (SSSR count). The van der Waals surface area contributed by atoms with Crippen LogP contribution in [0.25, 0.3) is 22.3 Å². The number of halogens is 4. The normalized spacial score (nSPS) is 12.4. The van der Waals surface area contributed by atoms with Crippen LogP contribution < -0.4 is 0 Å². The topological polar surface area (TPSA) is 54.4 Å². The maximum Gasteiger partial charge on any atom is 0.522 e. The molecule has 21 heavy (non-hydrogen) atoms. The van der Waals surface area contributed by atoms with E-state index in [-0.39, 0.29) is 0 Å². The minimum Gasteiger partial charge on any atom is -0.279 e. The Hall–Kier alpha value is -1.13. The van der Waals surface area contributed by atoms with Crippen molar-refractivity contribution in [1.29, 1.82) is 0 Å². The van der Waals surface area contributed by atoms with Gasteiger partial charge < -0.3 is 0 Å². The van der Waals surface area contributed by atoms with Crippen molar-refractivity contribution in [3.05, 3.63) is 46.0 Å². The summed E-state index contributed by atoms with van der Waals surface area (Å²) in [4.78, 5) is 0. The van der Waals surface area contributed by atoms with Crippen LogP contribution in [0.4, 0.5) is 13.2 Å². The predicted molar refractivity (Wildman–Crippen MR) is 81.2 cm³/mol. The standard InChI is InChI=1S/C12H7I.CHF3O3S/c13-11-7-3-6-10-8-4-1-2-5-9(8)12(10)11;2-1(3,4)8(5,6)7/h1-7H;(H,5,6,7). The van der Waals surface area contributed by atoms with Gasteiger partial charge in [0.05, 0.1) is 0 Å². The molecule has 8 heteroatoms. The highest BCUT2D eigenvalue weighted by Crippen LogP contribution is 2.48. The molecule has 1 aliphatic rings. The molecule has 0 fully saturated rings. The summed E-state index contributed by atoms with van der Waals surface area (Å²) in [5, 5.41) is 0. The van der Waals surface area contributed by atoms with Crippen molar-refractivity contribution in [2.24, 2.45) is 0 Å². The first kappa shape index (κ1) is 16.2. The van der Waals surface area contributed by atoms with Crippen molar-refractivity contribution in [3.63, 3.8) is 0 Å². The number of benzene rings is 2. The number of hydrogen-bond acceptors (Lipinski definition) is 2. The second kappa shape index (κ2) is 5.58. The van der Waals surface area contributed by atoms with Gasteiger partial charge in [-0.3, -0.25) is 4.55 Å². The van der Waals surface area contributed by atoms with Gasteiger partial charge in [-0.05, 0) is 45.3 Å². The lowest BCUT2D eigenvalue weighted by atomic mass is 9.81. The van der Waals surface area contributed by atoms with Gasteiger partial charge in [-0.2, -0.15) is 21.6 Å². The minimum absolute atomic E-state index is 1.36. The van der Waals surface area contributed by atoms with Crippen molar-refractivity contribution in [1.82, 2.24) is 0 Å². The SMILES string of the molecule is Ic1cccc2c1-c1ccccc1-2.O=S(=O)(O)C(F)(F)F. The van der Waals surface area contributed by atoms with Crippen molar-refractivity contribution >= 4 is 32.7 Å². The molecule has 0 amide bonds. The summed E-state index contributed by atoms with van der Waals surface area (Å²) in [7, 11) is -5.84. The largest absolute Gasteiger partial charge is 0.522 e. The fourth-order valence-electron chi connectivity index (χ4n) is 1.90. The number of fused-ring (bicyclic) bond motifs is 4. The Kier molecular flexibility index (Phi) is 4.31. The molecular formula is C13H8F3IO3S. The number of rotatable bonds is 0. The van der Waals surface area contributed by atoms with Crippen molar-refractivity contribution in [3.8, 4) is 22.3 Å².